The minimum atomic E-state index is -0.965. The third kappa shape index (κ3) is 1.66. The largest absolute Gasteiger partial charge is 0.478 e. The van der Waals surface area contributed by atoms with E-state index in [4.69, 9.17) is 16.7 Å². The number of carbonyl (C=O) groups is 1. The topological polar surface area (TPSA) is 50.2 Å². The summed E-state index contributed by atoms with van der Waals surface area (Å²) >= 11 is 5.78. The number of hydrogen-bond donors (Lipinski definition) is 1. The molecular weight excluding hydrogens is 214 g/mol. The van der Waals surface area contributed by atoms with Crippen LogP contribution in [0.5, 0.6) is 0 Å². The van der Waals surface area contributed by atoms with Crippen LogP contribution in [0, 0.1) is 6.92 Å². The number of pyridine rings is 1. The van der Waals surface area contributed by atoms with Crippen molar-refractivity contribution in [1.82, 2.24) is 4.98 Å². The number of carboxylic acid groups (broad SMARTS) is 1. The number of aromatic carboxylic acids is 1. The van der Waals surface area contributed by atoms with Crippen molar-refractivity contribution in [3.63, 3.8) is 0 Å². The summed E-state index contributed by atoms with van der Waals surface area (Å²) in [4.78, 5) is 15.1. The van der Waals surface area contributed by atoms with Gasteiger partial charge in [0, 0.05) is 11.6 Å². The molecule has 0 amide bonds. The molecule has 1 heterocycles. The third-order valence-corrected chi connectivity index (χ3v) is 2.45. The first kappa shape index (κ1) is 9.93. The summed E-state index contributed by atoms with van der Waals surface area (Å²) in [5.74, 6) is -0.965. The first-order chi connectivity index (χ1) is 7.09. The molecule has 0 radical (unpaired) electrons. The normalized spacial score (nSPS) is 10.5. The second-order valence-electron chi connectivity index (χ2n) is 3.29. The zero-order valence-electron chi connectivity index (χ0n) is 7.99. The average molecular weight is 222 g/mol. The number of rotatable bonds is 1. The molecular formula is C11H8ClNO2. The molecule has 0 unspecified atom stereocenters. The van der Waals surface area contributed by atoms with Gasteiger partial charge in [-0.05, 0) is 18.6 Å². The predicted octanol–water partition coefficient (Wildman–Crippen LogP) is 2.89. The SMILES string of the molecule is Cc1ccc2cc(Cl)cnc2c1C(=O)O. The van der Waals surface area contributed by atoms with Gasteiger partial charge in [-0.25, -0.2) is 4.79 Å². The summed E-state index contributed by atoms with van der Waals surface area (Å²) in [6.07, 6.45) is 1.45. The third-order valence-electron chi connectivity index (χ3n) is 2.24. The van der Waals surface area contributed by atoms with Gasteiger partial charge in [0.2, 0.25) is 0 Å². The number of benzene rings is 1. The quantitative estimate of drug-likeness (QED) is 0.806. The highest BCUT2D eigenvalue weighted by atomic mass is 35.5. The zero-order chi connectivity index (χ0) is 11.0. The Kier molecular flexibility index (Phi) is 2.32. The molecule has 4 heteroatoms. The molecule has 2 aromatic rings. The number of halogens is 1. The van der Waals surface area contributed by atoms with Crippen molar-refractivity contribution in [3.05, 3.63) is 40.5 Å². The Morgan fingerprint density at radius 1 is 1.47 bits per heavy atom. The van der Waals surface area contributed by atoms with Gasteiger partial charge in [0.15, 0.2) is 0 Å². The minimum Gasteiger partial charge on any atom is -0.478 e. The lowest BCUT2D eigenvalue weighted by atomic mass is 10.0. The van der Waals surface area contributed by atoms with E-state index in [9.17, 15) is 4.79 Å². The maximum atomic E-state index is 11.0. The van der Waals surface area contributed by atoms with Crippen LogP contribution >= 0.6 is 11.6 Å². The maximum Gasteiger partial charge on any atom is 0.338 e. The van der Waals surface area contributed by atoms with Crippen molar-refractivity contribution < 1.29 is 9.90 Å². The maximum absolute atomic E-state index is 11.0. The van der Waals surface area contributed by atoms with E-state index in [-0.39, 0.29) is 5.56 Å². The fourth-order valence-electron chi connectivity index (χ4n) is 1.55. The molecule has 15 heavy (non-hydrogen) atoms. The van der Waals surface area contributed by atoms with Gasteiger partial charge in [-0.2, -0.15) is 0 Å². The van der Waals surface area contributed by atoms with E-state index >= 15 is 0 Å². The van der Waals surface area contributed by atoms with Crippen LogP contribution in [-0.2, 0) is 0 Å². The van der Waals surface area contributed by atoms with Gasteiger partial charge in [0.05, 0.1) is 16.1 Å². The zero-order valence-corrected chi connectivity index (χ0v) is 8.75. The monoisotopic (exact) mass is 221 g/mol. The average Bonchev–Trinajstić information content (AvgIpc) is 2.17. The van der Waals surface area contributed by atoms with Gasteiger partial charge in [-0.15, -0.1) is 0 Å². The number of fused-ring (bicyclic) bond motifs is 1. The van der Waals surface area contributed by atoms with Crippen LogP contribution in [0.4, 0.5) is 0 Å². The lowest BCUT2D eigenvalue weighted by molar-refractivity contribution is 0.0698. The van der Waals surface area contributed by atoms with E-state index in [0.717, 1.165) is 5.39 Å². The molecule has 76 valence electrons. The molecule has 0 bridgehead atoms. The fourth-order valence-corrected chi connectivity index (χ4v) is 1.71. The smallest absolute Gasteiger partial charge is 0.338 e. The number of aromatic nitrogens is 1. The Morgan fingerprint density at radius 3 is 2.87 bits per heavy atom. The summed E-state index contributed by atoms with van der Waals surface area (Å²) in [6, 6.07) is 5.27. The fraction of sp³-hybridized carbons (Fsp3) is 0.0909. The minimum absolute atomic E-state index is 0.240. The second kappa shape index (κ2) is 3.51. The summed E-state index contributed by atoms with van der Waals surface area (Å²) < 4.78 is 0. The van der Waals surface area contributed by atoms with Crippen molar-refractivity contribution >= 4 is 28.5 Å². The Labute approximate surface area is 91.3 Å². The molecule has 0 saturated heterocycles. The van der Waals surface area contributed by atoms with Gasteiger partial charge in [-0.1, -0.05) is 23.7 Å². The predicted molar refractivity (Wildman–Crippen MR) is 58.4 cm³/mol. The van der Waals surface area contributed by atoms with E-state index in [0.29, 0.717) is 16.1 Å². The van der Waals surface area contributed by atoms with Crippen molar-refractivity contribution in [2.45, 2.75) is 6.92 Å². The highest BCUT2D eigenvalue weighted by Gasteiger charge is 2.12. The van der Waals surface area contributed by atoms with E-state index in [1.54, 1.807) is 19.1 Å². The van der Waals surface area contributed by atoms with Crippen LogP contribution in [0.15, 0.2) is 24.4 Å². The number of carboxylic acids is 1. The lowest BCUT2D eigenvalue weighted by Crippen LogP contribution is -2.02. The Balaban J connectivity index is 2.88. The van der Waals surface area contributed by atoms with Crippen LogP contribution < -0.4 is 0 Å². The van der Waals surface area contributed by atoms with Gasteiger partial charge < -0.3 is 5.11 Å². The van der Waals surface area contributed by atoms with E-state index < -0.39 is 5.97 Å². The van der Waals surface area contributed by atoms with Gasteiger partial charge >= 0.3 is 5.97 Å². The summed E-state index contributed by atoms with van der Waals surface area (Å²) in [5.41, 5.74) is 1.42. The second-order valence-corrected chi connectivity index (χ2v) is 3.72. The van der Waals surface area contributed by atoms with Crippen molar-refractivity contribution in [3.8, 4) is 0 Å². The molecule has 0 aliphatic carbocycles. The van der Waals surface area contributed by atoms with E-state index in [2.05, 4.69) is 4.98 Å². The highest BCUT2D eigenvalue weighted by molar-refractivity contribution is 6.31. The van der Waals surface area contributed by atoms with Gasteiger partial charge in [-0.3, -0.25) is 4.98 Å². The number of nitrogens with zero attached hydrogens (tertiary/aromatic N) is 1. The summed E-state index contributed by atoms with van der Waals surface area (Å²) in [6.45, 7) is 1.75. The summed E-state index contributed by atoms with van der Waals surface area (Å²) in [5, 5.41) is 10.3. The highest BCUT2D eigenvalue weighted by Crippen LogP contribution is 2.22. The summed E-state index contributed by atoms with van der Waals surface area (Å²) in [7, 11) is 0. The molecule has 1 N–H and O–H groups in total. The Bertz CT molecular complexity index is 552. The molecule has 0 aliphatic heterocycles. The first-order valence-electron chi connectivity index (χ1n) is 4.38. The van der Waals surface area contributed by atoms with E-state index in [1.165, 1.54) is 6.20 Å². The van der Waals surface area contributed by atoms with E-state index in [1.807, 2.05) is 6.07 Å². The number of aryl methyl sites for hydroxylation is 1. The molecule has 1 aromatic heterocycles. The molecule has 3 nitrogen and oxygen atoms in total. The van der Waals surface area contributed by atoms with Crippen molar-refractivity contribution in [1.29, 1.82) is 0 Å². The van der Waals surface area contributed by atoms with Crippen molar-refractivity contribution in [2.24, 2.45) is 0 Å². The number of hydrogen-bond acceptors (Lipinski definition) is 2. The van der Waals surface area contributed by atoms with Crippen LogP contribution in [0.3, 0.4) is 0 Å². The van der Waals surface area contributed by atoms with Crippen LogP contribution in [0.2, 0.25) is 5.02 Å². The molecule has 2 rings (SSSR count). The lowest BCUT2D eigenvalue weighted by Gasteiger charge is -2.05. The first-order valence-corrected chi connectivity index (χ1v) is 4.75. The molecule has 1 aromatic carbocycles. The molecule has 0 saturated carbocycles. The van der Waals surface area contributed by atoms with Gasteiger partial charge in [0.1, 0.15) is 0 Å². The van der Waals surface area contributed by atoms with Crippen molar-refractivity contribution in [2.75, 3.05) is 0 Å². The molecule has 0 atom stereocenters. The molecule has 0 spiro atoms. The van der Waals surface area contributed by atoms with Crippen LogP contribution in [-0.4, -0.2) is 16.1 Å². The molecule has 0 aliphatic rings. The molecule has 0 fully saturated rings. The van der Waals surface area contributed by atoms with Crippen LogP contribution in [0.25, 0.3) is 10.9 Å². The Hall–Kier alpha value is -1.61. The standard InChI is InChI=1S/C11H8ClNO2/c1-6-2-3-7-4-8(12)5-13-10(7)9(6)11(14)15/h2-5H,1H3,(H,14,15). The Morgan fingerprint density at radius 2 is 2.20 bits per heavy atom. The van der Waals surface area contributed by atoms with Crippen LogP contribution in [0.1, 0.15) is 15.9 Å². The van der Waals surface area contributed by atoms with Gasteiger partial charge in [0.25, 0.3) is 0 Å².